The summed E-state index contributed by atoms with van der Waals surface area (Å²) in [5.74, 6) is 0. The Kier molecular flexibility index (Phi) is 4.62. The number of rotatable bonds is 4. The van der Waals surface area contributed by atoms with Gasteiger partial charge in [0.15, 0.2) is 0 Å². The van der Waals surface area contributed by atoms with E-state index in [9.17, 15) is 0 Å². The second-order valence-electron chi connectivity index (χ2n) is 6.67. The second kappa shape index (κ2) is 5.15. The minimum atomic E-state index is -0.807. The Morgan fingerprint density at radius 1 is 1.13 bits per heavy atom. The standard InChI is InChI=1S/C12H29NSi2/c1-11-7-8-12(2)13(11)14(3)9-10-15(4,5)6/h11-12,14H,7-10H2,1-6H3. The summed E-state index contributed by atoms with van der Waals surface area (Å²) in [6.45, 7) is 14.9. The van der Waals surface area contributed by atoms with Gasteiger partial charge in [0.1, 0.15) is 8.96 Å². The average Bonchev–Trinajstić information content (AvgIpc) is 2.41. The molecule has 3 heteroatoms. The fourth-order valence-electron chi connectivity index (χ4n) is 2.87. The largest absolute Gasteiger partial charge is 0.321 e. The van der Waals surface area contributed by atoms with E-state index in [1.807, 2.05) is 0 Å². The highest BCUT2D eigenvalue weighted by Gasteiger charge is 2.31. The first-order valence-electron chi connectivity index (χ1n) is 6.58. The van der Waals surface area contributed by atoms with Crippen molar-refractivity contribution in [1.29, 1.82) is 0 Å². The summed E-state index contributed by atoms with van der Waals surface area (Å²) in [4.78, 5) is 0. The van der Waals surface area contributed by atoms with E-state index in [1.165, 1.54) is 18.9 Å². The number of nitrogens with zero attached hydrogens (tertiary/aromatic N) is 1. The molecule has 1 nitrogen and oxygen atoms in total. The maximum atomic E-state index is 2.89. The molecule has 0 radical (unpaired) electrons. The van der Waals surface area contributed by atoms with Crippen molar-refractivity contribution >= 4 is 17.0 Å². The van der Waals surface area contributed by atoms with Crippen molar-refractivity contribution in [2.45, 2.75) is 77.0 Å². The fraction of sp³-hybridized carbons (Fsp3) is 1.00. The topological polar surface area (TPSA) is 3.24 Å². The lowest BCUT2D eigenvalue weighted by Crippen LogP contribution is -2.44. The zero-order valence-electron chi connectivity index (χ0n) is 11.5. The van der Waals surface area contributed by atoms with Gasteiger partial charge in [0.25, 0.3) is 0 Å². The van der Waals surface area contributed by atoms with Crippen molar-refractivity contribution in [2.24, 2.45) is 0 Å². The zero-order chi connectivity index (χ0) is 11.6. The first-order valence-corrected chi connectivity index (χ1v) is 12.8. The van der Waals surface area contributed by atoms with E-state index in [1.54, 1.807) is 6.04 Å². The van der Waals surface area contributed by atoms with E-state index in [2.05, 4.69) is 44.6 Å². The molecule has 0 aliphatic carbocycles. The Morgan fingerprint density at radius 2 is 1.60 bits per heavy atom. The summed E-state index contributed by atoms with van der Waals surface area (Å²) >= 11 is 0. The molecule has 1 aliphatic rings. The molecular weight excluding hydrogens is 214 g/mol. The van der Waals surface area contributed by atoms with Crippen LogP contribution in [0.15, 0.2) is 0 Å². The van der Waals surface area contributed by atoms with Crippen LogP contribution in [0.25, 0.3) is 0 Å². The average molecular weight is 244 g/mol. The first kappa shape index (κ1) is 13.5. The van der Waals surface area contributed by atoms with Crippen LogP contribution in [0.2, 0.25) is 38.3 Å². The molecule has 1 rings (SSSR count). The van der Waals surface area contributed by atoms with E-state index in [0.717, 1.165) is 12.1 Å². The van der Waals surface area contributed by atoms with Crippen molar-refractivity contribution in [1.82, 2.24) is 4.57 Å². The van der Waals surface area contributed by atoms with E-state index < -0.39 is 17.0 Å². The Morgan fingerprint density at radius 3 is 2.00 bits per heavy atom. The zero-order valence-corrected chi connectivity index (χ0v) is 13.7. The van der Waals surface area contributed by atoms with E-state index in [4.69, 9.17) is 0 Å². The number of hydrogen-bond acceptors (Lipinski definition) is 1. The molecule has 3 atom stereocenters. The van der Waals surface area contributed by atoms with Crippen molar-refractivity contribution < 1.29 is 0 Å². The van der Waals surface area contributed by atoms with Crippen LogP contribution in [0, 0.1) is 0 Å². The molecule has 1 saturated heterocycles. The van der Waals surface area contributed by atoms with Gasteiger partial charge in [0.05, 0.1) is 0 Å². The van der Waals surface area contributed by atoms with Gasteiger partial charge in [0.2, 0.25) is 0 Å². The van der Waals surface area contributed by atoms with E-state index in [-0.39, 0.29) is 0 Å². The lowest BCUT2D eigenvalue weighted by Gasteiger charge is -2.33. The maximum Gasteiger partial charge on any atom is 0.109 e. The minimum absolute atomic E-state index is 0.602. The van der Waals surface area contributed by atoms with Crippen LogP contribution in [0.1, 0.15) is 26.7 Å². The third-order valence-electron chi connectivity index (χ3n) is 3.84. The Labute approximate surface area is 98.9 Å². The summed E-state index contributed by atoms with van der Waals surface area (Å²) in [5, 5.41) is 0. The second-order valence-corrected chi connectivity index (χ2v) is 15.2. The van der Waals surface area contributed by atoms with Crippen LogP contribution in [-0.2, 0) is 0 Å². The lowest BCUT2D eigenvalue weighted by molar-refractivity contribution is 0.358. The van der Waals surface area contributed by atoms with E-state index >= 15 is 0 Å². The molecule has 0 aromatic carbocycles. The molecule has 15 heavy (non-hydrogen) atoms. The molecule has 0 bridgehead atoms. The summed E-state index contributed by atoms with van der Waals surface area (Å²) in [5.41, 5.74) is 0. The van der Waals surface area contributed by atoms with Gasteiger partial charge in [-0.25, -0.2) is 0 Å². The molecule has 1 aliphatic heterocycles. The molecule has 1 fully saturated rings. The Hall–Kier alpha value is 0.394. The minimum Gasteiger partial charge on any atom is -0.321 e. The fourth-order valence-corrected chi connectivity index (χ4v) is 10.3. The predicted molar refractivity (Wildman–Crippen MR) is 76.0 cm³/mol. The van der Waals surface area contributed by atoms with Gasteiger partial charge < -0.3 is 4.57 Å². The smallest absolute Gasteiger partial charge is 0.109 e. The van der Waals surface area contributed by atoms with Crippen LogP contribution in [0.3, 0.4) is 0 Å². The van der Waals surface area contributed by atoms with Crippen molar-refractivity contribution in [3.8, 4) is 0 Å². The Bertz CT molecular complexity index is 190. The van der Waals surface area contributed by atoms with Gasteiger partial charge in [0, 0.05) is 20.2 Å². The molecule has 3 unspecified atom stereocenters. The molecule has 0 N–H and O–H groups in total. The monoisotopic (exact) mass is 243 g/mol. The van der Waals surface area contributed by atoms with Crippen molar-refractivity contribution in [2.75, 3.05) is 0 Å². The quantitative estimate of drug-likeness (QED) is 0.683. The van der Waals surface area contributed by atoms with Crippen LogP contribution >= 0.6 is 0 Å². The van der Waals surface area contributed by atoms with Crippen LogP contribution in [0.4, 0.5) is 0 Å². The summed E-state index contributed by atoms with van der Waals surface area (Å²) in [6.07, 6.45) is 2.87. The van der Waals surface area contributed by atoms with Crippen LogP contribution in [0.5, 0.6) is 0 Å². The maximum absolute atomic E-state index is 2.89. The van der Waals surface area contributed by atoms with Crippen LogP contribution < -0.4 is 0 Å². The molecule has 0 spiro atoms. The van der Waals surface area contributed by atoms with Gasteiger partial charge in [-0.2, -0.15) is 0 Å². The molecule has 0 saturated carbocycles. The molecule has 0 aromatic heterocycles. The lowest BCUT2D eigenvalue weighted by atomic mass is 10.2. The summed E-state index contributed by atoms with van der Waals surface area (Å²) in [6, 6.07) is 4.84. The van der Waals surface area contributed by atoms with Gasteiger partial charge in [-0.05, 0) is 18.9 Å². The summed E-state index contributed by atoms with van der Waals surface area (Å²) < 4.78 is 2.89. The molecule has 90 valence electrons. The number of hydrogen-bond donors (Lipinski definition) is 0. The predicted octanol–water partition coefficient (Wildman–Crippen LogP) is 3.55. The van der Waals surface area contributed by atoms with E-state index in [0.29, 0.717) is 0 Å². The molecular formula is C12H29NSi2. The highest BCUT2D eigenvalue weighted by molar-refractivity contribution is 6.77. The van der Waals surface area contributed by atoms with Crippen LogP contribution in [-0.4, -0.2) is 33.7 Å². The van der Waals surface area contributed by atoms with Crippen molar-refractivity contribution in [3.63, 3.8) is 0 Å². The van der Waals surface area contributed by atoms with Gasteiger partial charge in [-0.3, -0.25) is 0 Å². The normalized spacial score (nSPS) is 30.8. The van der Waals surface area contributed by atoms with Crippen molar-refractivity contribution in [3.05, 3.63) is 0 Å². The van der Waals surface area contributed by atoms with Gasteiger partial charge in [-0.1, -0.05) is 46.1 Å². The molecule has 0 amide bonds. The first-order chi connectivity index (χ1) is 6.81. The highest BCUT2D eigenvalue weighted by atomic mass is 28.3. The third kappa shape index (κ3) is 4.04. The van der Waals surface area contributed by atoms with Gasteiger partial charge >= 0.3 is 0 Å². The summed E-state index contributed by atoms with van der Waals surface area (Å²) in [7, 11) is -1.41. The molecule has 0 aromatic rings. The highest BCUT2D eigenvalue weighted by Crippen LogP contribution is 2.27. The molecule has 1 heterocycles. The third-order valence-corrected chi connectivity index (χ3v) is 9.37. The SMILES string of the molecule is CC1CCC(C)N1[SiH](C)CC[Si](C)(C)C. The Balaban J connectivity index is 2.42. The van der Waals surface area contributed by atoms with Gasteiger partial charge in [-0.15, -0.1) is 0 Å².